The summed E-state index contributed by atoms with van der Waals surface area (Å²) in [6.07, 6.45) is 1.90. The van der Waals surface area contributed by atoms with Gasteiger partial charge in [0.1, 0.15) is 0 Å². The molecule has 0 amide bonds. The number of thiazole rings is 1. The molecule has 2 aromatic heterocycles. The molecule has 1 atom stereocenters. The number of rotatable bonds is 6. The summed E-state index contributed by atoms with van der Waals surface area (Å²) in [7, 11) is 0. The molecule has 4 nitrogen and oxygen atoms in total. The van der Waals surface area contributed by atoms with Gasteiger partial charge in [-0.25, -0.2) is 9.98 Å². The van der Waals surface area contributed by atoms with Crippen LogP contribution in [0.4, 0.5) is 0 Å². The molecule has 1 unspecified atom stereocenters. The van der Waals surface area contributed by atoms with E-state index >= 15 is 0 Å². The zero-order chi connectivity index (χ0) is 15.1. The van der Waals surface area contributed by atoms with Crippen LogP contribution < -0.4 is 10.6 Å². The Bertz CT molecular complexity index is 560. The molecule has 6 heteroatoms. The molecule has 0 radical (unpaired) electrons. The minimum Gasteiger partial charge on any atom is -0.357 e. The van der Waals surface area contributed by atoms with Crippen molar-refractivity contribution >= 4 is 28.6 Å². The Hall–Kier alpha value is -1.40. The van der Waals surface area contributed by atoms with E-state index in [0.29, 0.717) is 12.5 Å². The molecule has 2 aromatic rings. The van der Waals surface area contributed by atoms with Crippen molar-refractivity contribution in [1.29, 1.82) is 0 Å². The molecule has 0 aromatic carbocycles. The van der Waals surface area contributed by atoms with E-state index in [0.717, 1.165) is 24.1 Å². The van der Waals surface area contributed by atoms with Gasteiger partial charge in [-0.3, -0.25) is 0 Å². The highest BCUT2D eigenvalue weighted by Gasteiger charge is 2.07. The van der Waals surface area contributed by atoms with Gasteiger partial charge in [0.15, 0.2) is 5.96 Å². The van der Waals surface area contributed by atoms with Crippen molar-refractivity contribution < 1.29 is 0 Å². The van der Waals surface area contributed by atoms with Crippen molar-refractivity contribution in [3.05, 3.63) is 38.5 Å². The van der Waals surface area contributed by atoms with E-state index in [4.69, 9.17) is 0 Å². The van der Waals surface area contributed by atoms with Gasteiger partial charge in [-0.1, -0.05) is 13.0 Å². The Labute approximate surface area is 134 Å². The van der Waals surface area contributed by atoms with Gasteiger partial charge >= 0.3 is 0 Å². The Kier molecular flexibility index (Phi) is 6.20. The molecule has 0 saturated carbocycles. The van der Waals surface area contributed by atoms with Gasteiger partial charge in [0.05, 0.1) is 11.6 Å². The van der Waals surface area contributed by atoms with Crippen LogP contribution in [0.1, 0.15) is 34.5 Å². The molecule has 114 valence electrons. The molecule has 2 rings (SSSR count). The predicted molar refractivity (Wildman–Crippen MR) is 92.4 cm³/mol. The number of nitrogens with zero attached hydrogens (tertiary/aromatic N) is 2. The lowest BCUT2D eigenvalue weighted by Crippen LogP contribution is -2.38. The third-order valence-electron chi connectivity index (χ3n) is 3.01. The van der Waals surface area contributed by atoms with E-state index in [1.54, 1.807) is 22.7 Å². The molecule has 2 N–H and O–H groups in total. The normalized spacial score (nSPS) is 13.2. The summed E-state index contributed by atoms with van der Waals surface area (Å²) in [4.78, 5) is 11.5. The van der Waals surface area contributed by atoms with Gasteiger partial charge in [0.2, 0.25) is 0 Å². The highest BCUT2D eigenvalue weighted by molar-refractivity contribution is 7.11. The van der Waals surface area contributed by atoms with Crippen LogP contribution in [0, 0.1) is 6.92 Å². The zero-order valence-corrected chi connectivity index (χ0v) is 14.4. The average molecular weight is 323 g/mol. The number of nitrogens with one attached hydrogen (secondary N) is 2. The second kappa shape index (κ2) is 8.14. The van der Waals surface area contributed by atoms with Crippen molar-refractivity contribution in [2.45, 2.75) is 33.2 Å². The molecule has 0 bridgehead atoms. The minimum absolute atomic E-state index is 0.486. The summed E-state index contributed by atoms with van der Waals surface area (Å²) in [6.45, 7) is 8.75. The lowest BCUT2D eigenvalue weighted by atomic mass is 10.1. The smallest absolute Gasteiger partial charge is 0.191 e. The van der Waals surface area contributed by atoms with Gasteiger partial charge in [-0.2, -0.15) is 0 Å². The fraction of sp³-hybridized carbons (Fsp3) is 0.467. The first-order valence-electron chi connectivity index (χ1n) is 7.16. The van der Waals surface area contributed by atoms with Crippen LogP contribution in [0.3, 0.4) is 0 Å². The maximum atomic E-state index is 4.62. The first-order valence-corrected chi connectivity index (χ1v) is 8.85. The maximum Gasteiger partial charge on any atom is 0.191 e. The highest BCUT2D eigenvalue weighted by Crippen LogP contribution is 2.19. The lowest BCUT2D eigenvalue weighted by Gasteiger charge is -2.14. The van der Waals surface area contributed by atoms with Crippen LogP contribution in [0.25, 0.3) is 0 Å². The monoisotopic (exact) mass is 322 g/mol. The van der Waals surface area contributed by atoms with Crippen LogP contribution in [0.2, 0.25) is 0 Å². The topological polar surface area (TPSA) is 49.3 Å². The third-order valence-corrected chi connectivity index (χ3v) is 5.01. The van der Waals surface area contributed by atoms with Crippen LogP contribution in [-0.2, 0) is 6.54 Å². The second-order valence-corrected chi connectivity index (χ2v) is 7.14. The van der Waals surface area contributed by atoms with E-state index in [1.807, 2.05) is 13.1 Å². The first kappa shape index (κ1) is 16.0. The van der Waals surface area contributed by atoms with E-state index < -0.39 is 0 Å². The number of aryl methyl sites for hydroxylation is 1. The first-order chi connectivity index (χ1) is 10.2. The van der Waals surface area contributed by atoms with Gasteiger partial charge < -0.3 is 10.6 Å². The van der Waals surface area contributed by atoms with Gasteiger partial charge in [0.25, 0.3) is 0 Å². The fourth-order valence-electron chi connectivity index (χ4n) is 1.90. The SMILES string of the molecule is CCNC(=NCc1cnc(C)s1)NCC(C)c1cccs1. The summed E-state index contributed by atoms with van der Waals surface area (Å²) in [5.41, 5.74) is 0. The number of aromatic nitrogens is 1. The van der Waals surface area contributed by atoms with E-state index in [9.17, 15) is 0 Å². The van der Waals surface area contributed by atoms with Gasteiger partial charge in [-0.15, -0.1) is 22.7 Å². The molecule has 0 aliphatic rings. The lowest BCUT2D eigenvalue weighted by molar-refractivity contribution is 0.709. The summed E-state index contributed by atoms with van der Waals surface area (Å²) < 4.78 is 0. The molecule has 0 saturated heterocycles. The second-order valence-electron chi connectivity index (χ2n) is 4.84. The molecule has 2 heterocycles. The van der Waals surface area contributed by atoms with E-state index in [2.05, 4.69) is 52.0 Å². The number of guanidine groups is 1. The number of aliphatic imine (C=N–C) groups is 1. The molecule has 21 heavy (non-hydrogen) atoms. The van der Waals surface area contributed by atoms with Crippen LogP contribution >= 0.6 is 22.7 Å². The summed E-state index contributed by atoms with van der Waals surface area (Å²) in [6, 6.07) is 4.28. The van der Waals surface area contributed by atoms with Crippen LogP contribution in [-0.4, -0.2) is 24.0 Å². The molecule has 0 aliphatic heterocycles. The van der Waals surface area contributed by atoms with Crippen LogP contribution in [0.15, 0.2) is 28.7 Å². The van der Waals surface area contributed by atoms with Crippen molar-refractivity contribution in [3.63, 3.8) is 0 Å². The molecule has 0 fully saturated rings. The summed E-state index contributed by atoms with van der Waals surface area (Å²) >= 11 is 3.50. The quantitative estimate of drug-likeness (QED) is 0.633. The number of hydrogen-bond acceptors (Lipinski definition) is 4. The van der Waals surface area contributed by atoms with Crippen LogP contribution in [0.5, 0.6) is 0 Å². The number of thiophene rings is 1. The third kappa shape index (κ3) is 5.13. The highest BCUT2D eigenvalue weighted by atomic mass is 32.1. The van der Waals surface area contributed by atoms with E-state index in [1.165, 1.54) is 9.75 Å². The molecular weight excluding hydrogens is 300 g/mol. The van der Waals surface area contributed by atoms with Crippen molar-refractivity contribution in [2.75, 3.05) is 13.1 Å². The Morgan fingerprint density at radius 3 is 2.90 bits per heavy atom. The summed E-state index contributed by atoms with van der Waals surface area (Å²) in [5, 5.41) is 9.91. The van der Waals surface area contributed by atoms with Crippen molar-refractivity contribution in [2.24, 2.45) is 4.99 Å². The molecule has 0 spiro atoms. The predicted octanol–water partition coefficient (Wildman–Crippen LogP) is 3.37. The molecular formula is C15H22N4S2. The Balaban J connectivity index is 1.89. The summed E-state index contributed by atoms with van der Waals surface area (Å²) in [5.74, 6) is 1.35. The zero-order valence-electron chi connectivity index (χ0n) is 12.7. The number of hydrogen-bond donors (Lipinski definition) is 2. The van der Waals surface area contributed by atoms with E-state index in [-0.39, 0.29) is 0 Å². The van der Waals surface area contributed by atoms with Gasteiger partial charge in [-0.05, 0) is 25.3 Å². The Morgan fingerprint density at radius 2 is 2.29 bits per heavy atom. The minimum atomic E-state index is 0.486. The van der Waals surface area contributed by atoms with Gasteiger partial charge in [0, 0.05) is 35.0 Å². The molecule has 0 aliphatic carbocycles. The Morgan fingerprint density at radius 1 is 1.43 bits per heavy atom. The fourth-order valence-corrected chi connectivity index (χ4v) is 3.41. The standard InChI is InChI=1S/C15H22N4S2/c1-4-16-15(19-10-13-9-17-12(3)21-13)18-8-11(2)14-6-5-7-20-14/h5-7,9,11H,4,8,10H2,1-3H3,(H2,16,18,19). The van der Waals surface area contributed by atoms with Crippen molar-refractivity contribution in [1.82, 2.24) is 15.6 Å². The average Bonchev–Trinajstić information content (AvgIpc) is 3.13. The largest absolute Gasteiger partial charge is 0.357 e. The van der Waals surface area contributed by atoms with Crippen molar-refractivity contribution in [3.8, 4) is 0 Å². The maximum absolute atomic E-state index is 4.62.